The second kappa shape index (κ2) is 2.59. The minimum absolute atomic E-state index is 0. The Morgan fingerprint density at radius 3 is 0.833 bits per heavy atom. The molecule has 40 valence electrons. The molecule has 0 saturated carbocycles. The Balaban J connectivity index is 0. The van der Waals surface area contributed by atoms with Gasteiger partial charge in [0.2, 0.25) is 0 Å². The van der Waals surface area contributed by atoms with Gasteiger partial charge in [0, 0.05) is 0 Å². The average Bonchev–Trinajstić information content (AvgIpc) is 0.722. The van der Waals surface area contributed by atoms with Crippen molar-refractivity contribution in [2.24, 2.45) is 0 Å². The van der Waals surface area contributed by atoms with Crippen LogP contribution < -0.4 is 17.0 Å². The SMILES string of the molecule is C[N+](C)(C)C.[Br-]. The molecule has 6 heavy (non-hydrogen) atoms. The van der Waals surface area contributed by atoms with Crippen molar-refractivity contribution < 1.29 is 21.5 Å². The molecule has 0 saturated heterocycles. The van der Waals surface area contributed by atoms with Gasteiger partial charge in [-0.3, -0.25) is 0 Å². The van der Waals surface area contributed by atoms with E-state index in [1.165, 1.54) is 0 Å². The second-order valence-corrected chi connectivity index (χ2v) is 2.68. The van der Waals surface area contributed by atoms with Crippen molar-refractivity contribution in [2.75, 3.05) is 28.2 Å². The van der Waals surface area contributed by atoms with E-state index in [1.807, 2.05) is 0 Å². The maximum atomic E-state index is 2.12. The molecule has 0 aromatic carbocycles. The summed E-state index contributed by atoms with van der Waals surface area (Å²) in [6.07, 6.45) is 0. The van der Waals surface area contributed by atoms with Crippen LogP contribution in [-0.4, -0.2) is 32.7 Å². The fraction of sp³-hybridized carbons (Fsp3) is 1.00. The van der Waals surface area contributed by atoms with Crippen molar-refractivity contribution >= 4 is 0 Å². The molecule has 0 rings (SSSR count). The maximum absolute atomic E-state index is 2.12. The number of halogens is 1. The van der Waals surface area contributed by atoms with Crippen LogP contribution in [0.3, 0.4) is 0 Å². The molecule has 0 bridgehead atoms. The van der Waals surface area contributed by atoms with Crippen LogP contribution in [-0.2, 0) is 0 Å². The van der Waals surface area contributed by atoms with Gasteiger partial charge >= 0.3 is 0 Å². The highest BCUT2D eigenvalue weighted by atomic mass is 79.9. The Labute approximate surface area is 50.3 Å². The van der Waals surface area contributed by atoms with Gasteiger partial charge in [-0.2, -0.15) is 0 Å². The average molecular weight is 154 g/mol. The second-order valence-electron chi connectivity index (χ2n) is 2.68. The van der Waals surface area contributed by atoms with Crippen LogP contribution in [0.2, 0.25) is 0 Å². The van der Waals surface area contributed by atoms with E-state index in [4.69, 9.17) is 0 Å². The molecule has 0 fully saturated rings. The minimum atomic E-state index is 0. The molecule has 0 aliphatic carbocycles. The Kier molecular flexibility index (Phi) is 4.17. The van der Waals surface area contributed by atoms with Crippen molar-refractivity contribution in [3.63, 3.8) is 0 Å². The maximum Gasteiger partial charge on any atom is 0.0675 e. The quantitative estimate of drug-likeness (QED) is 0.334. The lowest BCUT2D eigenvalue weighted by molar-refractivity contribution is -0.849. The summed E-state index contributed by atoms with van der Waals surface area (Å²) < 4.78 is 1.00. The van der Waals surface area contributed by atoms with Crippen LogP contribution in [0, 0.1) is 0 Å². The zero-order valence-electron chi connectivity index (χ0n) is 4.83. The number of quaternary nitrogens is 1. The predicted octanol–water partition coefficient (Wildman–Crippen LogP) is -2.67. The molecule has 1 nitrogen and oxygen atoms in total. The van der Waals surface area contributed by atoms with Gasteiger partial charge in [-0.1, -0.05) is 0 Å². The molecule has 0 aromatic rings. The van der Waals surface area contributed by atoms with Gasteiger partial charge in [-0.05, 0) is 0 Å². The van der Waals surface area contributed by atoms with Gasteiger partial charge in [-0.25, -0.2) is 0 Å². The highest BCUT2D eigenvalue weighted by Gasteiger charge is 1.88. The molecule has 2 heteroatoms. The fourth-order valence-electron chi connectivity index (χ4n) is 0. The molecular formula is C4H12BrN. The Hall–Kier alpha value is 0.440. The summed E-state index contributed by atoms with van der Waals surface area (Å²) in [7, 11) is 8.50. The molecule has 0 aromatic heterocycles. The summed E-state index contributed by atoms with van der Waals surface area (Å²) in [4.78, 5) is 0. The van der Waals surface area contributed by atoms with E-state index >= 15 is 0 Å². The van der Waals surface area contributed by atoms with Crippen LogP contribution in [0.15, 0.2) is 0 Å². The molecule has 0 radical (unpaired) electrons. The number of nitrogens with zero attached hydrogens (tertiary/aromatic N) is 1. The molecule has 0 heterocycles. The largest absolute Gasteiger partial charge is 1.00 e. The zero-order valence-corrected chi connectivity index (χ0v) is 6.41. The normalized spacial score (nSPS) is 10.0. The number of hydrogen-bond donors (Lipinski definition) is 0. The first-order valence-electron chi connectivity index (χ1n) is 1.79. The number of hydrogen-bond acceptors (Lipinski definition) is 0. The fourth-order valence-corrected chi connectivity index (χ4v) is 0. The van der Waals surface area contributed by atoms with Gasteiger partial charge < -0.3 is 21.5 Å². The molecule has 0 aliphatic heterocycles. The van der Waals surface area contributed by atoms with Crippen molar-refractivity contribution in [3.8, 4) is 0 Å². The van der Waals surface area contributed by atoms with Gasteiger partial charge in [-0.15, -0.1) is 0 Å². The molecular weight excluding hydrogens is 142 g/mol. The first-order valence-corrected chi connectivity index (χ1v) is 1.79. The first kappa shape index (κ1) is 9.67. The van der Waals surface area contributed by atoms with Crippen molar-refractivity contribution in [1.82, 2.24) is 0 Å². The molecule has 0 spiro atoms. The van der Waals surface area contributed by atoms with Gasteiger partial charge in [0.1, 0.15) is 0 Å². The Morgan fingerprint density at radius 2 is 0.833 bits per heavy atom. The van der Waals surface area contributed by atoms with E-state index in [0.29, 0.717) is 0 Å². The monoisotopic (exact) mass is 153 g/mol. The molecule has 0 aliphatic rings. The summed E-state index contributed by atoms with van der Waals surface area (Å²) >= 11 is 0. The highest BCUT2D eigenvalue weighted by molar-refractivity contribution is 3.87. The van der Waals surface area contributed by atoms with E-state index in [-0.39, 0.29) is 17.0 Å². The molecule has 0 N–H and O–H groups in total. The first-order chi connectivity index (χ1) is 2.00. The zero-order chi connectivity index (χ0) is 4.50. The summed E-state index contributed by atoms with van der Waals surface area (Å²) in [5.41, 5.74) is 0. The lowest BCUT2D eigenvalue weighted by Gasteiger charge is -2.14. The predicted molar refractivity (Wildman–Crippen MR) is 24.0 cm³/mol. The van der Waals surface area contributed by atoms with E-state index in [2.05, 4.69) is 28.2 Å². The Bertz CT molecular complexity index is 23.0. The molecule has 0 amide bonds. The molecule has 0 atom stereocenters. The topological polar surface area (TPSA) is 0 Å². The van der Waals surface area contributed by atoms with Crippen LogP contribution in [0.1, 0.15) is 0 Å². The third-order valence-electron chi connectivity index (χ3n) is 0. The highest BCUT2D eigenvalue weighted by Crippen LogP contribution is 1.73. The van der Waals surface area contributed by atoms with Crippen LogP contribution in [0.25, 0.3) is 0 Å². The van der Waals surface area contributed by atoms with Gasteiger partial charge in [0.25, 0.3) is 0 Å². The van der Waals surface area contributed by atoms with E-state index in [0.717, 1.165) is 4.48 Å². The molecule has 0 unspecified atom stereocenters. The van der Waals surface area contributed by atoms with Crippen LogP contribution in [0.5, 0.6) is 0 Å². The summed E-state index contributed by atoms with van der Waals surface area (Å²) in [6, 6.07) is 0. The van der Waals surface area contributed by atoms with Crippen molar-refractivity contribution in [1.29, 1.82) is 0 Å². The minimum Gasteiger partial charge on any atom is -1.00 e. The third kappa shape index (κ3) is 271. The standard InChI is InChI=1S/C4H12N.BrH/c1-5(2,3)4;/h1-4H3;1H/q+1;/p-1. The van der Waals surface area contributed by atoms with Crippen molar-refractivity contribution in [3.05, 3.63) is 0 Å². The van der Waals surface area contributed by atoms with Crippen molar-refractivity contribution in [2.45, 2.75) is 0 Å². The summed E-state index contributed by atoms with van der Waals surface area (Å²) in [5, 5.41) is 0. The smallest absolute Gasteiger partial charge is 0.0675 e. The summed E-state index contributed by atoms with van der Waals surface area (Å²) in [6.45, 7) is 0. The van der Waals surface area contributed by atoms with E-state index in [1.54, 1.807) is 0 Å². The lowest BCUT2D eigenvalue weighted by atomic mass is 10.8. The lowest BCUT2D eigenvalue weighted by Crippen LogP contribution is -3.00. The van der Waals surface area contributed by atoms with E-state index in [9.17, 15) is 0 Å². The van der Waals surface area contributed by atoms with Crippen LogP contribution in [0.4, 0.5) is 0 Å². The van der Waals surface area contributed by atoms with Gasteiger partial charge in [0.15, 0.2) is 0 Å². The summed E-state index contributed by atoms with van der Waals surface area (Å²) in [5.74, 6) is 0. The number of rotatable bonds is 0. The van der Waals surface area contributed by atoms with Crippen LogP contribution >= 0.6 is 0 Å². The van der Waals surface area contributed by atoms with E-state index < -0.39 is 0 Å². The Morgan fingerprint density at radius 1 is 0.833 bits per heavy atom. The van der Waals surface area contributed by atoms with Gasteiger partial charge in [0.05, 0.1) is 28.2 Å². The third-order valence-corrected chi connectivity index (χ3v) is 0.